The highest BCUT2D eigenvalue weighted by Gasteiger charge is 2.22. The van der Waals surface area contributed by atoms with E-state index in [2.05, 4.69) is 54.3 Å². The lowest BCUT2D eigenvalue weighted by Crippen LogP contribution is -2.13. The summed E-state index contributed by atoms with van der Waals surface area (Å²) in [4.78, 5) is 6.33. The van der Waals surface area contributed by atoms with E-state index >= 15 is 0 Å². The van der Waals surface area contributed by atoms with Crippen molar-refractivity contribution in [3.05, 3.63) is 41.0 Å². The Kier molecular flexibility index (Phi) is 5.33. The first kappa shape index (κ1) is 15.1. The molecule has 4 heteroatoms. The standard InChI is InChI=1S/C17H22N2S2/c1-2-18-12-14-16(13-8-4-3-5-9-13)21-17(19-14)15-10-6-7-11-20-15/h3-5,8-9,15,18H,2,6-7,10-12H2,1H3. The SMILES string of the molecule is CCNCc1nc(C2CCCCS2)sc1-c1ccccc1. The lowest BCUT2D eigenvalue weighted by molar-refractivity contribution is 0.675. The van der Waals surface area contributed by atoms with Crippen LogP contribution in [0.2, 0.25) is 0 Å². The van der Waals surface area contributed by atoms with Crippen LogP contribution >= 0.6 is 23.1 Å². The van der Waals surface area contributed by atoms with Gasteiger partial charge in [0.2, 0.25) is 0 Å². The summed E-state index contributed by atoms with van der Waals surface area (Å²) in [7, 11) is 0. The molecule has 0 aliphatic carbocycles. The molecule has 112 valence electrons. The van der Waals surface area contributed by atoms with Crippen LogP contribution in [0.4, 0.5) is 0 Å². The molecular weight excluding hydrogens is 296 g/mol. The van der Waals surface area contributed by atoms with Crippen molar-refractivity contribution in [2.45, 2.75) is 38.0 Å². The van der Waals surface area contributed by atoms with Crippen molar-refractivity contribution in [3.8, 4) is 10.4 Å². The molecule has 1 unspecified atom stereocenters. The summed E-state index contributed by atoms with van der Waals surface area (Å²) in [5.74, 6) is 1.29. The van der Waals surface area contributed by atoms with E-state index in [-0.39, 0.29) is 0 Å². The molecule has 2 heterocycles. The van der Waals surface area contributed by atoms with E-state index in [1.807, 2.05) is 11.3 Å². The largest absolute Gasteiger partial charge is 0.311 e. The van der Waals surface area contributed by atoms with Gasteiger partial charge in [0.1, 0.15) is 5.01 Å². The van der Waals surface area contributed by atoms with Gasteiger partial charge in [-0.2, -0.15) is 11.8 Å². The fourth-order valence-corrected chi connectivity index (χ4v) is 5.26. The van der Waals surface area contributed by atoms with E-state index < -0.39 is 0 Å². The van der Waals surface area contributed by atoms with Crippen LogP contribution in [0.25, 0.3) is 10.4 Å². The molecule has 2 nitrogen and oxygen atoms in total. The first-order valence-corrected chi connectivity index (χ1v) is 9.62. The molecule has 1 aliphatic rings. The molecule has 0 bridgehead atoms. The number of nitrogens with one attached hydrogen (secondary N) is 1. The maximum absolute atomic E-state index is 4.98. The van der Waals surface area contributed by atoms with E-state index in [4.69, 9.17) is 4.98 Å². The third-order valence-corrected chi connectivity index (χ3v) is 6.54. The zero-order valence-electron chi connectivity index (χ0n) is 12.5. The van der Waals surface area contributed by atoms with Crippen LogP contribution in [0.15, 0.2) is 30.3 Å². The number of thiazole rings is 1. The Hall–Kier alpha value is -0.840. The van der Waals surface area contributed by atoms with Gasteiger partial charge < -0.3 is 5.32 Å². The van der Waals surface area contributed by atoms with E-state index in [1.54, 1.807) is 0 Å². The number of nitrogens with zero attached hydrogens (tertiary/aromatic N) is 1. The zero-order chi connectivity index (χ0) is 14.5. The smallest absolute Gasteiger partial charge is 0.107 e. The molecule has 21 heavy (non-hydrogen) atoms. The Labute approximate surface area is 135 Å². The first-order chi connectivity index (χ1) is 10.4. The van der Waals surface area contributed by atoms with E-state index in [0.29, 0.717) is 5.25 Å². The molecule has 0 radical (unpaired) electrons. The van der Waals surface area contributed by atoms with Gasteiger partial charge in [0.05, 0.1) is 15.8 Å². The summed E-state index contributed by atoms with van der Waals surface area (Å²) in [5, 5.41) is 5.37. The second kappa shape index (κ2) is 7.43. The highest BCUT2D eigenvalue weighted by Crippen LogP contribution is 2.42. The van der Waals surface area contributed by atoms with Crippen LogP contribution < -0.4 is 5.32 Å². The predicted octanol–water partition coefficient (Wildman–Crippen LogP) is 4.88. The average molecular weight is 319 g/mol. The zero-order valence-corrected chi connectivity index (χ0v) is 14.1. The Morgan fingerprint density at radius 3 is 2.81 bits per heavy atom. The number of benzene rings is 1. The van der Waals surface area contributed by atoms with Crippen molar-refractivity contribution >= 4 is 23.1 Å². The average Bonchev–Trinajstić information content (AvgIpc) is 2.99. The molecule has 1 atom stereocenters. The van der Waals surface area contributed by atoms with Gasteiger partial charge in [0.25, 0.3) is 0 Å². The van der Waals surface area contributed by atoms with Crippen LogP contribution in [-0.2, 0) is 6.54 Å². The van der Waals surface area contributed by atoms with Crippen LogP contribution in [-0.4, -0.2) is 17.3 Å². The fourth-order valence-electron chi connectivity index (χ4n) is 2.62. The number of aromatic nitrogens is 1. The summed E-state index contributed by atoms with van der Waals surface area (Å²) in [6, 6.07) is 10.7. The number of rotatable bonds is 5. The quantitative estimate of drug-likeness (QED) is 0.850. The summed E-state index contributed by atoms with van der Waals surface area (Å²) in [6.07, 6.45) is 4.00. The predicted molar refractivity (Wildman–Crippen MR) is 94.0 cm³/mol. The third-order valence-electron chi connectivity index (χ3n) is 3.75. The summed E-state index contributed by atoms with van der Waals surface area (Å²) in [5.41, 5.74) is 2.52. The van der Waals surface area contributed by atoms with Gasteiger partial charge in [-0.25, -0.2) is 4.98 Å². The van der Waals surface area contributed by atoms with Gasteiger partial charge in [-0.05, 0) is 30.7 Å². The number of thioether (sulfide) groups is 1. The molecular formula is C17H22N2S2. The van der Waals surface area contributed by atoms with E-state index in [0.717, 1.165) is 13.1 Å². The molecule has 1 aliphatic heterocycles. The topological polar surface area (TPSA) is 24.9 Å². The van der Waals surface area contributed by atoms with Crippen molar-refractivity contribution < 1.29 is 0 Å². The normalized spacial score (nSPS) is 18.8. The maximum Gasteiger partial charge on any atom is 0.107 e. The van der Waals surface area contributed by atoms with Crippen LogP contribution in [0, 0.1) is 0 Å². The van der Waals surface area contributed by atoms with Crippen molar-refractivity contribution in [1.82, 2.24) is 10.3 Å². The number of hydrogen-bond acceptors (Lipinski definition) is 4. The first-order valence-electron chi connectivity index (χ1n) is 7.76. The lowest BCUT2D eigenvalue weighted by Gasteiger charge is -2.18. The number of hydrogen-bond donors (Lipinski definition) is 1. The third kappa shape index (κ3) is 3.68. The monoisotopic (exact) mass is 318 g/mol. The Balaban J connectivity index is 1.90. The summed E-state index contributed by atoms with van der Waals surface area (Å²) in [6.45, 7) is 4.00. The highest BCUT2D eigenvalue weighted by atomic mass is 32.2. The molecule has 1 aromatic carbocycles. The van der Waals surface area contributed by atoms with Crippen LogP contribution in [0.5, 0.6) is 0 Å². The van der Waals surface area contributed by atoms with Gasteiger partial charge in [-0.15, -0.1) is 11.3 Å². The van der Waals surface area contributed by atoms with Crippen molar-refractivity contribution in [1.29, 1.82) is 0 Å². The van der Waals surface area contributed by atoms with Crippen molar-refractivity contribution in [2.75, 3.05) is 12.3 Å². The van der Waals surface area contributed by atoms with Crippen molar-refractivity contribution in [3.63, 3.8) is 0 Å². The van der Waals surface area contributed by atoms with Crippen LogP contribution in [0.3, 0.4) is 0 Å². The second-order valence-corrected chi connectivity index (χ2v) is 7.67. The minimum Gasteiger partial charge on any atom is -0.311 e. The molecule has 3 rings (SSSR count). The molecule has 1 aromatic heterocycles. The minimum absolute atomic E-state index is 0.613. The Bertz CT molecular complexity index is 559. The molecule has 0 amide bonds. The van der Waals surface area contributed by atoms with Gasteiger partial charge in [0.15, 0.2) is 0 Å². The molecule has 2 aromatic rings. The van der Waals surface area contributed by atoms with Gasteiger partial charge in [-0.1, -0.05) is 43.7 Å². The van der Waals surface area contributed by atoms with Crippen LogP contribution in [0.1, 0.15) is 42.1 Å². The van der Waals surface area contributed by atoms with E-state index in [1.165, 1.54) is 46.2 Å². The summed E-state index contributed by atoms with van der Waals surface area (Å²) < 4.78 is 0. The Morgan fingerprint density at radius 2 is 2.10 bits per heavy atom. The molecule has 1 fully saturated rings. The second-order valence-electron chi connectivity index (χ2n) is 5.33. The van der Waals surface area contributed by atoms with Crippen molar-refractivity contribution in [2.24, 2.45) is 0 Å². The minimum atomic E-state index is 0.613. The van der Waals surface area contributed by atoms with Gasteiger partial charge in [0, 0.05) is 6.54 Å². The molecule has 0 spiro atoms. The summed E-state index contributed by atoms with van der Waals surface area (Å²) >= 11 is 3.98. The van der Waals surface area contributed by atoms with Gasteiger partial charge in [-0.3, -0.25) is 0 Å². The van der Waals surface area contributed by atoms with E-state index in [9.17, 15) is 0 Å². The fraction of sp³-hybridized carbons (Fsp3) is 0.471. The highest BCUT2D eigenvalue weighted by molar-refractivity contribution is 7.99. The Morgan fingerprint density at radius 1 is 1.24 bits per heavy atom. The maximum atomic E-state index is 4.98. The molecule has 1 N–H and O–H groups in total. The lowest BCUT2D eigenvalue weighted by atomic mass is 10.1. The molecule has 0 saturated carbocycles. The molecule has 1 saturated heterocycles. The van der Waals surface area contributed by atoms with Gasteiger partial charge >= 0.3 is 0 Å².